The molecule has 6 nitrogen and oxygen atoms in total. The van der Waals surface area contributed by atoms with Gasteiger partial charge in [0, 0.05) is 19.3 Å². The van der Waals surface area contributed by atoms with Crippen LogP contribution in [0.15, 0.2) is 122 Å². The molecule has 0 fully saturated rings. The quantitative estimate of drug-likeness (QED) is 0.0261. The molecule has 6 heteroatoms. The van der Waals surface area contributed by atoms with Crippen molar-refractivity contribution in [1.29, 1.82) is 0 Å². The van der Waals surface area contributed by atoms with Crippen molar-refractivity contribution in [3.05, 3.63) is 122 Å². The van der Waals surface area contributed by atoms with Gasteiger partial charge in [-0.05, 0) is 109 Å². The average Bonchev–Trinajstić information content (AvgIpc) is 3.47. The largest absolute Gasteiger partial charge is 0.462 e. The number of hydrogen-bond donors (Lipinski definition) is 0. The number of allylic oxidation sites excluding steroid dienone is 20. The van der Waals surface area contributed by atoms with Crippen molar-refractivity contribution < 1.29 is 28.6 Å². The lowest BCUT2D eigenvalue weighted by molar-refractivity contribution is -0.167. The molecule has 1 atom stereocenters. The third kappa shape index (κ3) is 66.6. The summed E-state index contributed by atoms with van der Waals surface area (Å²) in [6.45, 7) is 6.43. The van der Waals surface area contributed by atoms with Crippen LogP contribution in [-0.2, 0) is 28.6 Å². The smallest absolute Gasteiger partial charge is 0.306 e. The number of hydrogen-bond acceptors (Lipinski definition) is 6. The van der Waals surface area contributed by atoms with Crippen LogP contribution in [0, 0.1) is 0 Å². The first-order chi connectivity index (χ1) is 40.5. The minimum Gasteiger partial charge on any atom is -0.462 e. The summed E-state index contributed by atoms with van der Waals surface area (Å²) in [6.07, 6.45) is 96.4. The maximum atomic E-state index is 12.9. The van der Waals surface area contributed by atoms with Gasteiger partial charge in [0.25, 0.3) is 0 Å². The summed E-state index contributed by atoms with van der Waals surface area (Å²) in [5.74, 6) is -0.879. The predicted octanol–water partition coefficient (Wildman–Crippen LogP) is 23.9. The number of unbranched alkanes of at least 4 members (excludes halogenated alkanes) is 31. The molecule has 1 unspecified atom stereocenters. The summed E-state index contributed by atoms with van der Waals surface area (Å²) >= 11 is 0. The molecule has 0 aromatic rings. The summed E-state index contributed by atoms with van der Waals surface area (Å²) in [5.41, 5.74) is 0. The zero-order valence-corrected chi connectivity index (χ0v) is 53.7. The lowest BCUT2D eigenvalue weighted by Crippen LogP contribution is -2.30. The van der Waals surface area contributed by atoms with E-state index < -0.39 is 6.10 Å². The fourth-order valence-electron chi connectivity index (χ4n) is 9.62. The highest BCUT2D eigenvalue weighted by molar-refractivity contribution is 5.71. The van der Waals surface area contributed by atoms with Crippen LogP contribution in [-0.4, -0.2) is 37.2 Å². The van der Waals surface area contributed by atoms with Gasteiger partial charge in [-0.1, -0.05) is 316 Å². The van der Waals surface area contributed by atoms with Crippen molar-refractivity contribution >= 4 is 17.9 Å². The molecule has 0 aromatic heterocycles. The Balaban J connectivity index is 4.30. The summed E-state index contributed by atoms with van der Waals surface area (Å²) < 4.78 is 17.0. The van der Waals surface area contributed by atoms with Crippen LogP contribution < -0.4 is 0 Å². The Kier molecular flexibility index (Phi) is 65.8. The Hall–Kier alpha value is -4.19. The molecule has 0 spiro atoms. The van der Waals surface area contributed by atoms with E-state index in [0.29, 0.717) is 19.3 Å². The lowest BCUT2D eigenvalue weighted by Gasteiger charge is -2.18. The van der Waals surface area contributed by atoms with E-state index >= 15 is 0 Å². The monoisotopic (exact) mass is 1140 g/mol. The van der Waals surface area contributed by atoms with Gasteiger partial charge in [0.15, 0.2) is 6.10 Å². The van der Waals surface area contributed by atoms with Crippen LogP contribution in [0.2, 0.25) is 0 Å². The Labute approximate surface area is 507 Å². The Bertz CT molecular complexity index is 1690. The molecule has 0 heterocycles. The second kappa shape index (κ2) is 69.3. The van der Waals surface area contributed by atoms with E-state index in [1.807, 2.05) is 0 Å². The first-order valence-electron chi connectivity index (χ1n) is 34.5. The molecular formula is C76H128O6. The number of rotatable bonds is 62. The summed E-state index contributed by atoms with van der Waals surface area (Å²) in [4.78, 5) is 38.4. The zero-order chi connectivity index (χ0) is 59.2. The van der Waals surface area contributed by atoms with Crippen molar-refractivity contribution in [1.82, 2.24) is 0 Å². The van der Waals surface area contributed by atoms with E-state index in [2.05, 4.69) is 142 Å². The van der Waals surface area contributed by atoms with Crippen LogP contribution in [0.3, 0.4) is 0 Å². The van der Waals surface area contributed by atoms with E-state index in [-0.39, 0.29) is 31.1 Å². The van der Waals surface area contributed by atoms with Crippen LogP contribution in [0.1, 0.15) is 323 Å². The molecule has 0 rings (SSSR count). The van der Waals surface area contributed by atoms with Crippen LogP contribution in [0.25, 0.3) is 0 Å². The standard InChI is InChI=1S/C76H128O6/c1-4-7-10-13-16-19-22-25-27-29-31-33-35-37-38-40-41-43-45-47-49-51-54-57-60-63-66-69-75(78)81-72-73(71-80-74(77)68-65-62-59-56-53-24-21-18-15-12-9-6-3)82-76(79)70-67-64-61-58-55-52-50-48-46-44-42-39-36-34-32-30-28-26-23-20-17-14-11-8-5-2/h7-8,10-11,16-17,19-20,25-28,31-34,37-39,42,73H,4-6,9,12-15,18,21-24,29-30,35-36,40-41,43-72H2,1-3H3/b10-7-,11-8-,19-16-,20-17-,27-25-,28-26-,33-31-,34-32-,38-37-,42-39-. The predicted molar refractivity (Wildman–Crippen MR) is 357 cm³/mol. The number of esters is 3. The van der Waals surface area contributed by atoms with Gasteiger partial charge in [0.1, 0.15) is 13.2 Å². The first-order valence-corrected chi connectivity index (χ1v) is 34.5. The highest BCUT2D eigenvalue weighted by Crippen LogP contribution is 2.17. The molecule has 0 bridgehead atoms. The molecule has 0 aromatic carbocycles. The SMILES string of the molecule is CC/C=C\C/C=C\C/C=C\C/C=C\C/C=C\CCCCCCCCCCCCCC(=O)OCC(COC(=O)CCCCCCCCCCCCCC)OC(=O)CCCCCCCCCCC/C=C\C/C=C\C/C=C\C/C=C\C/C=C\CC. The maximum absolute atomic E-state index is 12.9. The van der Waals surface area contributed by atoms with Crippen LogP contribution in [0.4, 0.5) is 0 Å². The van der Waals surface area contributed by atoms with Gasteiger partial charge in [0.05, 0.1) is 0 Å². The first kappa shape index (κ1) is 77.8. The number of carbonyl (C=O) groups is 3. The Morgan fingerprint density at radius 2 is 0.476 bits per heavy atom. The van der Waals surface area contributed by atoms with E-state index in [0.717, 1.165) is 128 Å². The Morgan fingerprint density at radius 1 is 0.256 bits per heavy atom. The molecule has 0 radical (unpaired) electrons. The second-order valence-corrected chi connectivity index (χ2v) is 22.7. The van der Waals surface area contributed by atoms with E-state index in [4.69, 9.17) is 14.2 Å². The molecule has 0 saturated carbocycles. The van der Waals surface area contributed by atoms with E-state index in [1.165, 1.54) is 154 Å². The third-order valence-corrected chi connectivity index (χ3v) is 14.7. The van der Waals surface area contributed by atoms with E-state index in [1.54, 1.807) is 0 Å². The summed E-state index contributed by atoms with van der Waals surface area (Å²) in [7, 11) is 0. The van der Waals surface area contributed by atoms with Gasteiger partial charge >= 0.3 is 17.9 Å². The highest BCUT2D eigenvalue weighted by Gasteiger charge is 2.19. The topological polar surface area (TPSA) is 78.9 Å². The lowest BCUT2D eigenvalue weighted by atomic mass is 10.0. The molecular weight excluding hydrogens is 1010 g/mol. The van der Waals surface area contributed by atoms with Crippen LogP contribution >= 0.6 is 0 Å². The van der Waals surface area contributed by atoms with E-state index in [9.17, 15) is 14.4 Å². The number of ether oxygens (including phenoxy) is 3. The molecule has 0 amide bonds. The van der Waals surface area contributed by atoms with Gasteiger partial charge in [-0.3, -0.25) is 14.4 Å². The minimum atomic E-state index is -0.785. The average molecular weight is 1140 g/mol. The number of carbonyl (C=O) groups excluding carboxylic acids is 3. The maximum Gasteiger partial charge on any atom is 0.306 e. The fraction of sp³-hybridized carbons (Fsp3) is 0.697. The van der Waals surface area contributed by atoms with Gasteiger partial charge in [-0.25, -0.2) is 0 Å². The summed E-state index contributed by atoms with van der Waals surface area (Å²) in [6, 6.07) is 0. The molecule has 0 N–H and O–H groups in total. The van der Waals surface area contributed by atoms with Crippen molar-refractivity contribution in [3.63, 3.8) is 0 Å². The van der Waals surface area contributed by atoms with Crippen LogP contribution in [0.5, 0.6) is 0 Å². The van der Waals surface area contributed by atoms with Crippen molar-refractivity contribution in [2.75, 3.05) is 13.2 Å². The molecule has 468 valence electrons. The highest BCUT2D eigenvalue weighted by atomic mass is 16.6. The van der Waals surface area contributed by atoms with Crippen molar-refractivity contribution in [2.45, 2.75) is 329 Å². The van der Waals surface area contributed by atoms with Gasteiger partial charge < -0.3 is 14.2 Å². The van der Waals surface area contributed by atoms with Gasteiger partial charge in [-0.2, -0.15) is 0 Å². The molecule has 0 aliphatic carbocycles. The Morgan fingerprint density at radius 3 is 0.744 bits per heavy atom. The summed E-state index contributed by atoms with van der Waals surface area (Å²) in [5, 5.41) is 0. The molecule has 0 saturated heterocycles. The second-order valence-electron chi connectivity index (χ2n) is 22.7. The molecule has 0 aliphatic heterocycles. The van der Waals surface area contributed by atoms with Crippen molar-refractivity contribution in [2.24, 2.45) is 0 Å². The normalized spacial score (nSPS) is 12.9. The fourth-order valence-corrected chi connectivity index (χ4v) is 9.62. The van der Waals surface area contributed by atoms with Crippen molar-refractivity contribution in [3.8, 4) is 0 Å². The van der Waals surface area contributed by atoms with Gasteiger partial charge in [0.2, 0.25) is 0 Å². The minimum absolute atomic E-state index is 0.0798. The zero-order valence-electron chi connectivity index (χ0n) is 53.7. The van der Waals surface area contributed by atoms with Gasteiger partial charge in [-0.15, -0.1) is 0 Å². The molecule has 0 aliphatic rings. The third-order valence-electron chi connectivity index (χ3n) is 14.7. The molecule has 82 heavy (non-hydrogen) atoms.